The van der Waals surface area contributed by atoms with Crippen molar-refractivity contribution in [3.05, 3.63) is 14.9 Å². The number of thiophene rings is 1. The van der Waals surface area contributed by atoms with Crippen molar-refractivity contribution in [2.24, 2.45) is 0 Å². The second kappa shape index (κ2) is 5.27. The fraction of sp³-hybridized carbons (Fsp3) is 0.636. The molecule has 2 aliphatic rings. The Kier molecular flexibility index (Phi) is 3.96. The lowest BCUT2D eigenvalue weighted by Gasteiger charge is -2.36. The summed E-state index contributed by atoms with van der Waals surface area (Å²) in [5.74, 6) is 0. The van der Waals surface area contributed by atoms with E-state index in [1.54, 1.807) is 4.31 Å². The van der Waals surface area contributed by atoms with E-state index in [1.807, 2.05) is 0 Å². The van der Waals surface area contributed by atoms with E-state index in [4.69, 9.17) is 11.6 Å². The molecule has 3 rings (SSSR count). The van der Waals surface area contributed by atoms with Crippen LogP contribution in [0.15, 0.2) is 14.1 Å². The van der Waals surface area contributed by atoms with Crippen molar-refractivity contribution in [1.29, 1.82) is 0 Å². The van der Waals surface area contributed by atoms with Crippen molar-refractivity contribution in [2.75, 3.05) is 26.2 Å². The van der Waals surface area contributed by atoms with E-state index in [0.29, 0.717) is 32.1 Å². The normalized spacial score (nSPS) is 25.7. The van der Waals surface area contributed by atoms with Crippen LogP contribution >= 0.6 is 38.9 Å². The van der Waals surface area contributed by atoms with Crippen LogP contribution in [0.2, 0.25) is 5.02 Å². The Bertz CT molecular complexity index is 570. The maximum absolute atomic E-state index is 12.6. The van der Waals surface area contributed by atoms with E-state index < -0.39 is 10.0 Å². The number of hydrogen-bond acceptors (Lipinski definition) is 4. The van der Waals surface area contributed by atoms with Crippen LogP contribution in [0.25, 0.3) is 0 Å². The van der Waals surface area contributed by atoms with Crippen LogP contribution in [0.5, 0.6) is 0 Å². The Labute approximate surface area is 130 Å². The van der Waals surface area contributed by atoms with Crippen LogP contribution in [0.4, 0.5) is 0 Å². The number of fused-ring (bicyclic) bond motifs is 1. The lowest BCUT2D eigenvalue weighted by Crippen LogP contribution is -2.51. The topological polar surface area (TPSA) is 40.6 Å². The molecule has 1 atom stereocenters. The third-order valence-corrected chi connectivity index (χ3v) is 8.56. The number of halogens is 2. The summed E-state index contributed by atoms with van der Waals surface area (Å²) in [5.41, 5.74) is 0. The lowest BCUT2D eigenvalue weighted by atomic mass is 10.2. The van der Waals surface area contributed by atoms with Gasteiger partial charge in [0, 0.05) is 25.7 Å². The smallest absolute Gasteiger partial charge is 0.252 e. The number of hydrogen-bond donors (Lipinski definition) is 0. The highest BCUT2D eigenvalue weighted by molar-refractivity contribution is 9.11. The molecule has 3 heterocycles. The molecule has 0 radical (unpaired) electrons. The van der Waals surface area contributed by atoms with Crippen molar-refractivity contribution < 1.29 is 8.42 Å². The van der Waals surface area contributed by atoms with Crippen molar-refractivity contribution in [2.45, 2.75) is 23.1 Å². The van der Waals surface area contributed by atoms with Gasteiger partial charge in [-0.25, -0.2) is 8.42 Å². The van der Waals surface area contributed by atoms with Gasteiger partial charge in [-0.05, 0) is 41.4 Å². The molecule has 0 aliphatic carbocycles. The van der Waals surface area contributed by atoms with E-state index in [2.05, 4.69) is 20.8 Å². The van der Waals surface area contributed by atoms with E-state index in [9.17, 15) is 8.42 Å². The second-order valence-corrected chi connectivity index (χ2v) is 9.82. The third kappa shape index (κ3) is 2.61. The minimum absolute atomic E-state index is 0.329. The summed E-state index contributed by atoms with van der Waals surface area (Å²) in [6.45, 7) is 3.13. The van der Waals surface area contributed by atoms with Crippen molar-refractivity contribution >= 4 is 48.9 Å². The average Bonchev–Trinajstić information content (AvgIpc) is 2.96. The molecule has 4 nitrogen and oxygen atoms in total. The largest absolute Gasteiger partial charge is 0.298 e. The van der Waals surface area contributed by atoms with Gasteiger partial charge >= 0.3 is 0 Å². The zero-order valence-corrected chi connectivity index (χ0v) is 14.2. The van der Waals surface area contributed by atoms with Gasteiger partial charge in [0.2, 0.25) is 0 Å². The Morgan fingerprint density at radius 2 is 2.16 bits per heavy atom. The molecule has 0 spiro atoms. The average molecular weight is 386 g/mol. The SMILES string of the molecule is O=S(=O)(c1cc(Cl)c(Br)s1)N1CCN2CCCC2C1. The predicted molar refractivity (Wildman–Crippen MR) is 80.4 cm³/mol. The highest BCUT2D eigenvalue weighted by Crippen LogP contribution is 2.36. The molecule has 0 amide bonds. The Morgan fingerprint density at radius 3 is 2.84 bits per heavy atom. The third-order valence-electron chi connectivity index (χ3n) is 3.77. The summed E-state index contributed by atoms with van der Waals surface area (Å²) in [7, 11) is -3.39. The quantitative estimate of drug-likeness (QED) is 0.786. The zero-order chi connectivity index (χ0) is 13.6. The fourth-order valence-electron chi connectivity index (χ4n) is 2.76. The van der Waals surface area contributed by atoms with Gasteiger partial charge in [0.1, 0.15) is 4.21 Å². The zero-order valence-electron chi connectivity index (χ0n) is 10.2. The molecule has 0 aromatic carbocycles. The number of piperazine rings is 1. The maximum Gasteiger partial charge on any atom is 0.252 e. The van der Waals surface area contributed by atoms with Crippen LogP contribution in [0.1, 0.15) is 12.8 Å². The van der Waals surface area contributed by atoms with Crippen molar-refractivity contribution in [3.63, 3.8) is 0 Å². The molecule has 0 bridgehead atoms. The molecule has 2 fully saturated rings. The molecule has 2 aliphatic heterocycles. The van der Waals surface area contributed by atoms with Crippen molar-refractivity contribution in [3.8, 4) is 0 Å². The van der Waals surface area contributed by atoms with Gasteiger partial charge in [-0.2, -0.15) is 4.31 Å². The second-order valence-electron chi connectivity index (χ2n) is 4.88. The Hall–Kier alpha value is 0.340. The van der Waals surface area contributed by atoms with Crippen LogP contribution in [-0.4, -0.2) is 49.8 Å². The number of sulfonamides is 1. The minimum Gasteiger partial charge on any atom is -0.298 e. The molecular weight excluding hydrogens is 372 g/mol. The first-order chi connectivity index (χ1) is 8.98. The van der Waals surface area contributed by atoms with Gasteiger partial charge in [0.15, 0.2) is 0 Å². The van der Waals surface area contributed by atoms with Crippen LogP contribution < -0.4 is 0 Å². The first-order valence-electron chi connectivity index (χ1n) is 6.17. The van der Waals surface area contributed by atoms with E-state index >= 15 is 0 Å². The standard InChI is InChI=1S/C11H14BrClN2O2S2/c12-11-9(13)6-10(18-11)19(16,17)15-5-4-14-3-1-2-8(14)7-15/h6,8H,1-5,7H2. The number of nitrogens with zero attached hydrogens (tertiary/aromatic N) is 2. The van der Waals surface area contributed by atoms with Gasteiger partial charge in [-0.1, -0.05) is 11.6 Å². The summed E-state index contributed by atoms with van der Waals surface area (Å²) in [6, 6.07) is 1.93. The molecule has 0 saturated carbocycles. The van der Waals surface area contributed by atoms with Crippen molar-refractivity contribution in [1.82, 2.24) is 9.21 Å². The van der Waals surface area contributed by atoms with Gasteiger partial charge in [-0.3, -0.25) is 4.90 Å². The molecule has 106 valence electrons. The molecule has 1 aromatic rings. The summed E-state index contributed by atoms with van der Waals surface area (Å²) >= 11 is 10.4. The van der Waals surface area contributed by atoms with Gasteiger partial charge in [-0.15, -0.1) is 11.3 Å². The van der Waals surface area contributed by atoms with Gasteiger partial charge in [0.25, 0.3) is 10.0 Å². The molecular formula is C11H14BrClN2O2S2. The molecule has 0 N–H and O–H groups in total. The predicted octanol–water partition coefficient (Wildman–Crippen LogP) is 2.63. The van der Waals surface area contributed by atoms with Gasteiger partial charge in [0.05, 0.1) is 8.81 Å². The Morgan fingerprint density at radius 1 is 1.37 bits per heavy atom. The van der Waals surface area contributed by atoms with Crippen LogP contribution in [-0.2, 0) is 10.0 Å². The van der Waals surface area contributed by atoms with Crippen LogP contribution in [0.3, 0.4) is 0 Å². The maximum atomic E-state index is 12.6. The van der Waals surface area contributed by atoms with Gasteiger partial charge < -0.3 is 0 Å². The molecule has 19 heavy (non-hydrogen) atoms. The monoisotopic (exact) mass is 384 g/mol. The minimum atomic E-state index is -3.39. The van der Waals surface area contributed by atoms with E-state index in [0.717, 1.165) is 19.5 Å². The number of rotatable bonds is 2. The Balaban J connectivity index is 1.84. The molecule has 2 saturated heterocycles. The first kappa shape index (κ1) is 14.3. The highest BCUT2D eigenvalue weighted by atomic mass is 79.9. The van der Waals surface area contributed by atoms with Crippen LogP contribution in [0, 0.1) is 0 Å². The fourth-order valence-corrected chi connectivity index (χ4v) is 6.78. The summed E-state index contributed by atoms with van der Waals surface area (Å²) in [4.78, 5) is 2.39. The molecule has 1 aromatic heterocycles. The van der Waals surface area contributed by atoms with E-state index in [-0.39, 0.29) is 0 Å². The van der Waals surface area contributed by atoms with E-state index in [1.165, 1.54) is 23.8 Å². The summed E-state index contributed by atoms with van der Waals surface area (Å²) in [6.07, 6.45) is 2.27. The first-order valence-corrected chi connectivity index (χ1v) is 9.60. The summed E-state index contributed by atoms with van der Waals surface area (Å²) < 4.78 is 27.8. The highest BCUT2D eigenvalue weighted by Gasteiger charge is 2.37. The molecule has 1 unspecified atom stereocenters. The lowest BCUT2D eigenvalue weighted by molar-refractivity contribution is 0.158. The summed E-state index contributed by atoms with van der Waals surface area (Å²) in [5, 5.41) is 0.461. The molecule has 8 heteroatoms.